The van der Waals surface area contributed by atoms with Gasteiger partial charge in [0.05, 0.1) is 7.11 Å². The monoisotopic (exact) mass is 414 g/mol. The van der Waals surface area contributed by atoms with E-state index in [2.05, 4.69) is 37.9 Å². The molecule has 0 saturated carbocycles. The van der Waals surface area contributed by atoms with Gasteiger partial charge in [0.25, 0.3) is 0 Å². The summed E-state index contributed by atoms with van der Waals surface area (Å²) in [5.74, 6) is 0.578. The molecule has 0 unspecified atom stereocenters. The molecule has 0 bridgehead atoms. The largest absolute Gasteiger partial charge is 0.493 e. The molecule has 1 N–H and O–H groups in total. The molecule has 2 aromatic rings. The summed E-state index contributed by atoms with van der Waals surface area (Å²) in [6.07, 6.45) is 3.03. The lowest BCUT2D eigenvalue weighted by atomic mass is 10.2. The van der Waals surface area contributed by atoms with E-state index in [4.69, 9.17) is 9.47 Å². The number of amides is 1. The summed E-state index contributed by atoms with van der Waals surface area (Å²) in [4.78, 5) is 14.6. The third-order valence-corrected chi connectivity index (χ3v) is 4.66. The van der Waals surface area contributed by atoms with Gasteiger partial charge < -0.3 is 14.8 Å². The molecule has 2 aromatic carbocycles. The fraction of sp³-hybridized carbons (Fsp3) is 0.375. The number of methoxy groups -OCH3 is 1. The molecule has 0 aliphatic carbocycles. The van der Waals surface area contributed by atoms with Crippen LogP contribution in [0.4, 0.5) is 10.1 Å². The third kappa shape index (κ3) is 7.19. The van der Waals surface area contributed by atoms with Gasteiger partial charge in [0.2, 0.25) is 5.91 Å². The van der Waals surface area contributed by atoms with E-state index in [0.717, 1.165) is 12.1 Å². The molecule has 6 heteroatoms. The number of rotatable bonds is 10. The summed E-state index contributed by atoms with van der Waals surface area (Å²) in [6.45, 7) is 9.95. The molecule has 0 aliphatic rings. The summed E-state index contributed by atoms with van der Waals surface area (Å²) in [7, 11) is 1.58. The van der Waals surface area contributed by atoms with Crippen molar-refractivity contribution in [3.63, 3.8) is 0 Å². The lowest BCUT2D eigenvalue weighted by molar-refractivity contribution is -0.111. The van der Waals surface area contributed by atoms with Gasteiger partial charge in [-0.2, -0.15) is 0 Å². The molecule has 0 aromatic heterocycles. The first-order valence-electron chi connectivity index (χ1n) is 10.1. The SMILES string of the molecule is COc1ccc(NC(=O)C=Cc2ccc(F)cc2)cc1OCCN(C(C)C)C(C)C. The Hall–Kier alpha value is -2.86. The third-order valence-electron chi connectivity index (χ3n) is 4.66. The number of benzene rings is 2. The average molecular weight is 415 g/mol. The molecule has 0 atom stereocenters. The molecule has 0 radical (unpaired) electrons. The second-order valence-corrected chi connectivity index (χ2v) is 7.51. The topological polar surface area (TPSA) is 50.8 Å². The van der Waals surface area contributed by atoms with Crippen LogP contribution in [0.25, 0.3) is 6.08 Å². The van der Waals surface area contributed by atoms with E-state index in [1.807, 2.05) is 0 Å². The number of nitrogens with one attached hydrogen (secondary N) is 1. The summed E-state index contributed by atoms with van der Waals surface area (Å²) in [6, 6.07) is 12.0. The van der Waals surface area contributed by atoms with Crippen molar-refractivity contribution >= 4 is 17.7 Å². The Kier molecular flexibility index (Phi) is 8.87. The Bertz CT molecular complexity index is 840. The Morgan fingerprint density at radius 1 is 1.07 bits per heavy atom. The Balaban J connectivity index is 2.00. The number of carbonyl (C=O) groups is 1. The molecule has 162 valence electrons. The highest BCUT2D eigenvalue weighted by molar-refractivity contribution is 6.02. The Morgan fingerprint density at radius 2 is 1.73 bits per heavy atom. The number of hydrogen-bond acceptors (Lipinski definition) is 4. The van der Waals surface area contributed by atoms with Crippen LogP contribution in [0.1, 0.15) is 33.3 Å². The predicted octanol–water partition coefficient (Wildman–Crippen LogP) is 4.98. The summed E-state index contributed by atoms with van der Waals surface area (Å²) >= 11 is 0. The van der Waals surface area contributed by atoms with Gasteiger partial charge in [-0.1, -0.05) is 12.1 Å². The highest BCUT2D eigenvalue weighted by Gasteiger charge is 2.14. The first kappa shape index (κ1) is 23.4. The number of nitrogens with zero attached hydrogens (tertiary/aromatic N) is 1. The van der Waals surface area contributed by atoms with Gasteiger partial charge in [0, 0.05) is 36.5 Å². The van der Waals surface area contributed by atoms with Crippen molar-refractivity contribution in [1.29, 1.82) is 0 Å². The van der Waals surface area contributed by atoms with Crippen LogP contribution >= 0.6 is 0 Å². The van der Waals surface area contributed by atoms with Crippen LogP contribution in [0.3, 0.4) is 0 Å². The second kappa shape index (κ2) is 11.4. The van der Waals surface area contributed by atoms with Crippen molar-refractivity contribution in [2.75, 3.05) is 25.6 Å². The number of hydrogen-bond donors (Lipinski definition) is 1. The van der Waals surface area contributed by atoms with Gasteiger partial charge in [-0.3, -0.25) is 9.69 Å². The van der Waals surface area contributed by atoms with Crippen LogP contribution in [-0.4, -0.2) is 43.2 Å². The lowest BCUT2D eigenvalue weighted by Gasteiger charge is -2.30. The summed E-state index contributed by atoms with van der Waals surface area (Å²) in [5.41, 5.74) is 1.34. The van der Waals surface area contributed by atoms with Gasteiger partial charge >= 0.3 is 0 Å². The number of anilines is 1. The summed E-state index contributed by atoms with van der Waals surface area (Å²) < 4.78 is 24.3. The minimum atomic E-state index is -0.313. The molecule has 5 nitrogen and oxygen atoms in total. The fourth-order valence-electron chi connectivity index (χ4n) is 3.17. The zero-order chi connectivity index (χ0) is 22.1. The number of halogens is 1. The molecule has 2 rings (SSSR count). The fourth-order valence-corrected chi connectivity index (χ4v) is 3.17. The minimum absolute atomic E-state index is 0.291. The van der Waals surface area contributed by atoms with Crippen molar-refractivity contribution in [3.8, 4) is 11.5 Å². The lowest BCUT2D eigenvalue weighted by Crippen LogP contribution is -2.39. The van der Waals surface area contributed by atoms with E-state index in [9.17, 15) is 9.18 Å². The first-order valence-corrected chi connectivity index (χ1v) is 10.1. The molecule has 0 saturated heterocycles. The number of carbonyl (C=O) groups excluding carboxylic acids is 1. The Labute approximate surface area is 178 Å². The standard InChI is InChI=1S/C24H31FN2O3/c1-17(2)27(18(3)4)14-15-30-23-16-21(11-12-22(23)29-5)26-24(28)13-8-19-6-9-20(25)10-7-19/h6-13,16-18H,14-15H2,1-5H3,(H,26,28). The van der Waals surface area contributed by atoms with E-state index in [1.165, 1.54) is 18.2 Å². The van der Waals surface area contributed by atoms with Crippen molar-refractivity contribution in [1.82, 2.24) is 4.90 Å². The second-order valence-electron chi connectivity index (χ2n) is 7.51. The van der Waals surface area contributed by atoms with Gasteiger partial charge in [-0.15, -0.1) is 0 Å². The highest BCUT2D eigenvalue weighted by Crippen LogP contribution is 2.30. The zero-order valence-electron chi connectivity index (χ0n) is 18.3. The molecule has 0 spiro atoms. The average Bonchev–Trinajstić information content (AvgIpc) is 2.70. The quantitative estimate of drug-likeness (QED) is 0.557. The molecule has 0 heterocycles. The zero-order valence-corrected chi connectivity index (χ0v) is 18.3. The normalized spacial score (nSPS) is 11.5. The van der Waals surface area contributed by atoms with Crippen molar-refractivity contribution < 1.29 is 18.7 Å². The van der Waals surface area contributed by atoms with Gasteiger partial charge in [-0.05, 0) is 63.6 Å². The minimum Gasteiger partial charge on any atom is -0.493 e. The van der Waals surface area contributed by atoms with Crippen molar-refractivity contribution in [3.05, 3.63) is 59.9 Å². The molecule has 0 aliphatic heterocycles. The maximum Gasteiger partial charge on any atom is 0.248 e. The van der Waals surface area contributed by atoms with Crippen LogP contribution in [0, 0.1) is 5.82 Å². The van der Waals surface area contributed by atoms with Crippen LogP contribution in [0.2, 0.25) is 0 Å². The maximum absolute atomic E-state index is 13.0. The smallest absolute Gasteiger partial charge is 0.248 e. The molecule has 0 fully saturated rings. The predicted molar refractivity (Wildman–Crippen MR) is 120 cm³/mol. The molecular weight excluding hydrogens is 383 g/mol. The van der Waals surface area contributed by atoms with E-state index in [-0.39, 0.29) is 11.7 Å². The van der Waals surface area contributed by atoms with Crippen LogP contribution in [0.5, 0.6) is 11.5 Å². The maximum atomic E-state index is 13.0. The highest BCUT2D eigenvalue weighted by atomic mass is 19.1. The molecule has 1 amide bonds. The van der Waals surface area contributed by atoms with Crippen molar-refractivity contribution in [2.24, 2.45) is 0 Å². The van der Waals surface area contributed by atoms with Crippen LogP contribution < -0.4 is 14.8 Å². The van der Waals surface area contributed by atoms with Crippen LogP contribution in [0.15, 0.2) is 48.5 Å². The molecule has 30 heavy (non-hydrogen) atoms. The first-order chi connectivity index (χ1) is 14.3. The summed E-state index contributed by atoms with van der Waals surface area (Å²) in [5, 5.41) is 2.81. The Morgan fingerprint density at radius 3 is 2.33 bits per heavy atom. The van der Waals surface area contributed by atoms with Gasteiger partial charge in [-0.25, -0.2) is 4.39 Å². The van der Waals surface area contributed by atoms with E-state index in [1.54, 1.807) is 43.5 Å². The van der Waals surface area contributed by atoms with Crippen molar-refractivity contribution in [2.45, 2.75) is 39.8 Å². The molecular formula is C24H31FN2O3. The van der Waals surface area contributed by atoms with Crippen LogP contribution in [-0.2, 0) is 4.79 Å². The van der Waals surface area contributed by atoms with Gasteiger partial charge in [0.15, 0.2) is 11.5 Å². The van der Waals surface area contributed by atoms with Gasteiger partial charge in [0.1, 0.15) is 12.4 Å². The number of ether oxygens (including phenoxy) is 2. The van der Waals surface area contributed by atoms with E-state index >= 15 is 0 Å². The van der Waals surface area contributed by atoms with E-state index < -0.39 is 0 Å². The van der Waals surface area contributed by atoms with E-state index in [0.29, 0.717) is 35.9 Å².